The van der Waals surface area contributed by atoms with E-state index in [0.717, 1.165) is 49.8 Å². The minimum Gasteiger partial charge on any atom is -0.379 e. The molecule has 0 bridgehead atoms. The number of ether oxygens (including phenoxy) is 1. The number of nitrogens with zero attached hydrogens (tertiary/aromatic N) is 2. The first-order chi connectivity index (χ1) is 11.0. The predicted molar refractivity (Wildman–Crippen MR) is 98.8 cm³/mol. The van der Waals surface area contributed by atoms with Gasteiger partial charge in [0, 0.05) is 43.2 Å². The van der Waals surface area contributed by atoms with Gasteiger partial charge in [0.1, 0.15) is 0 Å². The highest BCUT2D eigenvalue weighted by atomic mass is 79.9. The molecule has 0 amide bonds. The van der Waals surface area contributed by atoms with Crippen molar-refractivity contribution in [3.8, 4) is 0 Å². The molecule has 1 aromatic rings. The summed E-state index contributed by atoms with van der Waals surface area (Å²) in [7, 11) is 1.80. The van der Waals surface area contributed by atoms with Gasteiger partial charge in [0.25, 0.3) is 0 Å². The summed E-state index contributed by atoms with van der Waals surface area (Å²) in [5.41, 5.74) is 1.28. The first-order valence-electron chi connectivity index (χ1n) is 8.03. The molecule has 1 saturated heterocycles. The van der Waals surface area contributed by atoms with Crippen LogP contribution in [0.4, 0.5) is 0 Å². The molecule has 0 aliphatic carbocycles. The van der Waals surface area contributed by atoms with E-state index in [1.54, 1.807) is 7.05 Å². The molecule has 0 atom stereocenters. The Morgan fingerprint density at radius 1 is 1.30 bits per heavy atom. The Balaban J connectivity index is 1.82. The molecule has 23 heavy (non-hydrogen) atoms. The summed E-state index contributed by atoms with van der Waals surface area (Å²) < 4.78 is 6.53. The van der Waals surface area contributed by atoms with Gasteiger partial charge in [0.2, 0.25) is 0 Å². The van der Waals surface area contributed by atoms with Crippen LogP contribution < -0.4 is 10.6 Å². The van der Waals surface area contributed by atoms with Crippen LogP contribution in [0.25, 0.3) is 0 Å². The van der Waals surface area contributed by atoms with Gasteiger partial charge in [-0.15, -0.1) is 0 Å². The van der Waals surface area contributed by atoms with Crippen molar-refractivity contribution in [1.82, 2.24) is 15.5 Å². The highest BCUT2D eigenvalue weighted by molar-refractivity contribution is 9.10. The van der Waals surface area contributed by atoms with Crippen molar-refractivity contribution in [3.63, 3.8) is 0 Å². The first-order valence-corrected chi connectivity index (χ1v) is 8.82. The molecular formula is C17H27BrN4O. The molecule has 1 aliphatic rings. The summed E-state index contributed by atoms with van der Waals surface area (Å²) >= 11 is 3.50. The van der Waals surface area contributed by atoms with Crippen LogP contribution in [0.2, 0.25) is 0 Å². The minimum absolute atomic E-state index is 0.0666. The number of rotatable bonds is 5. The molecule has 1 aromatic carbocycles. The fraction of sp³-hybridized carbons (Fsp3) is 0.588. The second kappa shape index (κ2) is 8.66. The molecule has 0 unspecified atom stereocenters. The summed E-state index contributed by atoms with van der Waals surface area (Å²) in [6.45, 7) is 9.71. The van der Waals surface area contributed by atoms with Gasteiger partial charge in [-0.2, -0.15) is 0 Å². The molecule has 0 saturated carbocycles. The third-order valence-electron chi connectivity index (χ3n) is 4.13. The lowest BCUT2D eigenvalue weighted by atomic mass is 10.0. The highest BCUT2D eigenvalue weighted by Gasteiger charge is 2.28. The van der Waals surface area contributed by atoms with E-state index in [1.807, 2.05) is 12.1 Å². The number of morpholine rings is 1. The van der Waals surface area contributed by atoms with Gasteiger partial charge in [-0.05, 0) is 31.5 Å². The monoisotopic (exact) mass is 382 g/mol. The molecule has 0 aromatic heterocycles. The Kier molecular flexibility index (Phi) is 6.87. The largest absolute Gasteiger partial charge is 0.379 e. The average Bonchev–Trinajstić information content (AvgIpc) is 2.56. The van der Waals surface area contributed by atoms with Gasteiger partial charge in [-0.3, -0.25) is 9.89 Å². The van der Waals surface area contributed by atoms with Crippen LogP contribution in [0.5, 0.6) is 0 Å². The molecule has 2 N–H and O–H groups in total. The molecular weight excluding hydrogens is 356 g/mol. The molecule has 0 spiro atoms. The molecule has 128 valence electrons. The number of hydrogen-bond acceptors (Lipinski definition) is 3. The van der Waals surface area contributed by atoms with Gasteiger partial charge in [0.15, 0.2) is 5.96 Å². The van der Waals surface area contributed by atoms with E-state index < -0.39 is 0 Å². The predicted octanol–water partition coefficient (Wildman–Crippen LogP) is 2.22. The lowest BCUT2D eigenvalue weighted by molar-refractivity contribution is -0.00834. The molecule has 1 fully saturated rings. The van der Waals surface area contributed by atoms with Crippen molar-refractivity contribution in [2.24, 2.45) is 4.99 Å². The Morgan fingerprint density at radius 3 is 2.70 bits per heavy atom. The zero-order valence-electron chi connectivity index (χ0n) is 14.2. The van der Waals surface area contributed by atoms with Crippen molar-refractivity contribution in [1.29, 1.82) is 0 Å². The first kappa shape index (κ1) is 18.2. The van der Waals surface area contributed by atoms with Gasteiger partial charge < -0.3 is 15.4 Å². The zero-order valence-corrected chi connectivity index (χ0v) is 15.8. The Morgan fingerprint density at radius 2 is 2.04 bits per heavy atom. The Labute approximate surface area is 147 Å². The van der Waals surface area contributed by atoms with Crippen LogP contribution in [0.15, 0.2) is 33.7 Å². The SMILES string of the molecule is CN=C(NCc1cccc(Br)c1)NCC(C)(C)N1CCOCC1. The lowest BCUT2D eigenvalue weighted by Crippen LogP contribution is -2.56. The van der Waals surface area contributed by atoms with Gasteiger partial charge in [-0.1, -0.05) is 28.1 Å². The van der Waals surface area contributed by atoms with Crippen molar-refractivity contribution >= 4 is 21.9 Å². The maximum atomic E-state index is 5.44. The molecule has 2 rings (SSSR count). The van der Waals surface area contributed by atoms with Crippen molar-refractivity contribution in [3.05, 3.63) is 34.3 Å². The Bertz CT molecular complexity index is 527. The summed E-state index contributed by atoms with van der Waals surface area (Å²) in [5.74, 6) is 0.825. The minimum atomic E-state index is 0.0666. The number of halogens is 1. The number of guanidine groups is 1. The normalized spacial score (nSPS) is 17.1. The fourth-order valence-corrected chi connectivity index (χ4v) is 3.08. The summed E-state index contributed by atoms with van der Waals surface area (Å²) in [5, 5.41) is 6.80. The van der Waals surface area contributed by atoms with Crippen LogP contribution in [0, 0.1) is 0 Å². The van der Waals surface area contributed by atoms with E-state index in [-0.39, 0.29) is 5.54 Å². The number of benzene rings is 1. The maximum Gasteiger partial charge on any atom is 0.191 e. The van der Waals surface area contributed by atoms with E-state index in [2.05, 4.69) is 62.4 Å². The smallest absolute Gasteiger partial charge is 0.191 e. The van der Waals surface area contributed by atoms with E-state index in [9.17, 15) is 0 Å². The quantitative estimate of drug-likeness (QED) is 0.605. The van der Waals surface area contributed by atoms with Crippen LogP contribution in [0.3, 0.4) is 0 Å². The third kappa shape index (κ3) is 5.79. The zero-order chi connectivity index (χ0) is 16.7. The summed E-state index contributed by atoms with van der Waals surface area (Å²) in [4.78, 5) is 6.78. The van der Waals surface area contributed by atoms with Crippen LogP contribution >= 0.6 is 15.9 Å². The number of aliphatic imine (C=N–C) groups is 1. The van der Waals surface area contributed by atoms with Crippen LogP contribution in [-0.4, -0.2) is 56.3 Å². The lowest BCUT2D eigenvalue weighted by Gasteiger charge is -2.41. The van der Waals surface area contributed by atoms with Crippen molar-refractivity contribution in [2.75, 3.05) is 39.9 Å². The van der Waals surface area contributed by atoms with E-state index >= 15 is 0 Å². The second-order valence-electron chi connectivity index (χ2n) is 6.32. The molecule has 1 heterocycles. The topological polar surface area (TPSA) is 48.9 Å². The molecule has 5 nitrogen and oxygen atoms in total. The maximum absolute atomic E-state index is 5.44. The van der Waals surface area contributed by atoms with Gasteiger partial charge in [-0.25, -0.2) is 0 Å². The molecule has 1 aliphatic heterocycles. The number of hydrogen-bond donors (Lipinski definition) is 2. The van der Waals surface area contributed by atoms with Crippen LogP contribution in [0.1, 0.15) is 19.4 Å². The summed E-state index contributed by atoms with van der Waals surface area (Å²) in [6.07, 6.45) is 0. The number of nitrogens with one attached hydrogen (secondary N) is 2. The standard InChI is InChI=1S/C17H27BrN4O/c1-17(2,22-7-9-23-10-8-22)13-21-16(19-3)20-12-14-5-4-6-15(18)11-14/h4-6,11H,7-10,12-13H2,1-3H3,(H2,19,20,21). The molecule has 0 radical (unpaired) electrons. The molecule has 6 heteroatoms. The highest BCUT2D eigenvalue weighted by Crippen LogP contribution is 2.15. The van der Waals surface area contributed by atoms with Gasteiger partial charge >= 0.3 is 0 Å². The van der Waals surface area contributed by atoms with E-state index in [4.69, 9.17) is 4.74 Å². The van der Waals surface area contributed by atoms with E-state index in [1.165, 1.54) is 5.56 Å². The van der Waals surface area contributed by atoms with Crippen molar-refractivity contribution in [2.45, 2.75) is 25.9 Å². The fourth-order valence-electron chi connectivity index (χ4n) is 2.63. The summed E-state index contributed by atoms with van der Waals surface area (Å²) in [6, 6.07) is 8.28. The second-order valence-corrected chi connectivity index (χ2v) is 7.24. The van der Waals surface area contributed by atoms with Crippen LogP contribution in [-0.2, 0) is 11.3 Å². The third-order valence-corrected chi connectivity index (χ3v) is 4.62. The van der Waals surface area contributed by atoms with Gasteiger partial charge in [0.05, 0.1) is 13.2 Å². The van der Waals surface area contributed by atoms with Crippen molar-refractivity contribution < 1.29 is 4.74 Å². The Hall–Kier alpha value is -1.11. The average molecular weight is 383 g/mol. The van der Waals surface area contributed by atoms with E-state index in [0.29, 0.717) is 0 Å².